The average Bonchev–Trinajstić information content (AvgIpc) is 3.23. The Labute approximate surface area is 134 Å². The van der Waals surface area contributed by atoms with Gasteiger partial charge < -0.3 is 14.6 Å². The summed E-state index contributed by atoms with van der Waals surface area (Å²) in [6.45, 7) is 1.15. The van der Waals surface area contributed by atoms with Gasteiger partial charge in [0.25, 0.3) is 0 Å². The molecule has 5 nitrogen and oxygen atoms in total. The highest BCUT2D eigenvalue weighted by atomic mass is 16.3. The standard InChI is InChI=1S/C18H18N2O3/c21-17(19-13-16-3-2-12-23-16)10-7-14-5-8-15(9-6-14)20-11-1-4-18(20)22/h2-3,5-10,12H,1,4,11,13H2,(H,19,21). The zero-order chi connectivity index (χ0) is 16.1. The van der Waals surface area contributed by atoms with Crippen molar-refractivity contribution in [2.24, 2.45) is 0 Å². The van der Waals surface area contributed by atoms with Crippen LogP contribution in [0.1, 0.15) is 24.2 Å². The number of furan rings is 1. The molecule has 5 heteroatoms. The summed E-state index contributed by atoms with van der Waals surface area (Å²) >= 11 is 0. The van der Waals surface area contributed by atoms with Gasteiger partial charge in [0.05, 0.1) is 12.8 Å². The number of benzene rings is 1. The summed E-state index contributed by atoms with van der Waals surface area (Å²) in [6, 6.07) is 11.2. The molecule has 0 unspecified atom stereocenters. The van der Waals surface area contributed by atoms with Crippen molar-refractivity contribution in [3.63, 3.8) is 0 Å². The Kier molecular flexibility index (Phi) is 4.57. The van der Waals surface area contributed by atoms with Crippen LogP contribution in [-0.4, -0.2) is 18.4 Å². The number of amides is 2. The highest BCUT2D eigenvalue weighted by Crippen LogP contribution is 2.21. The van der Waals surface area contributed by atoms with Gasteiger partial charge in [0.1, 0.15) is 5.76 Å². The molecule has 1 N–H and O–H groups in total. The fourth-order valence-corrected chi connectivity index (χ4v) is 2.50. The van der Waals surface area contributed by atoms with Crippen LogP contribution in [0.4, 0.5) is 5.69 Å². The Morgan fingerprint density at radius 3 is 2.74 bits per heavy atom. The van der Waals surface area contributed by atoms with E-state index in [4.69, 9.17) is 4.42 Å². The molecule has 2 heterocycles. The Balaban J connectivity index is 1.55. The summed E-state index contributed by atoms with van der Waals surface area (Å²) in [7, 11) is 0. The minimum atomic E-state index is -0.180. The topological polar surface area (TPSA) is 62.6 Å². The van der Waals surface area contributed by atoms with E-state index in [1.807, 2.05) is 30.3 Å². The van der Waals surface area contributed by atoms with Crippen LogP contribution in [-0.2, 0) is 16.1 Å². The molecular weight excluding hydrogens is 292 g/mol. The minimum absolute atomic E-state index is 0.172. The molecular formula is C18H18N2O3. The molecule has 2 aromatic rings. The molecule has 1 aromatic heterocycles. The molecule has 23 heavy (non-hydrogen) atoms. The predicted octanol–water partition coefficient (Wildman–Crippen LogP) is 2.74. The van der Waals surface area contributed by atoms with Crippen LogP contribution in [0.15, 0.2) is 53.2 Å². The first-order valence-corrected chi connectivity index (χ1v) is 7.61. The number of carbonyl (C=O) groups is 2. The second-order valence-corrected chi connectivity index (χ2v) is 5.37. The van der Waals surface area contributed by atoms with Crippen molar-refractivity contribution in [2.45, 2.75) is 19.4 Å². The van der Waals surface area contributed by atoms with Gasteiger partial charge in [0.2, 0.25) is 11.8 Å². The Morgan fingerprint density at radius 1 is 1.26 bits per heavy atom. The molecule has 0 spiro atoms. The Morgan fingerprint density at radius 2 is 2.09 bits per heavy atom. The lowest BCUT2D eigenvalue weighted by atomic mass is 10.2. The van der Waals surface area contributed by atoms with Gasteiger partial charge in [-0.25, -0.2) is 0 Å². The number of hydrogen-bond acceptors (Lipinski definition) is 3. The van der Waals surface area contributed by atoms with Crippen molar-refractivity contribution in [1.82, 2.24) is 5.32 Å². The van der Waals surface area contributed by atoms with Gasteiger partial charge in [-0.3, -0.25) is 9.59 Å². The van der Waals surface area contributed by atoms with E-state index in [-0.39, 0.29) is 11.8 Å². The van der Waals surface area contributed by atoms with Gasteiger partial charge >= 0.3 is 0 Å². The average molecular weight is 310 g/mol. The number of nitrogens with zero attached hydrogens (tertiary/aromatic N) is 1. The van der Waals surface area contributed by atoms with E-state index in [1.54, 1.807) is 23.3 Å². The highest BCUT2D eigenvalue weighted by molar-refractivity contribution is 5.95. The van der Waals surface area contributed by atoms with Crippen LogP contribution >= 0.6 is 0 Å². The van der Waals surface area contributed by atoms with Crippen molar-refractivity contribution < 1.29 is 14.0 Å². The minimum Gasteiger partial charge on any atom is -0.467 e. The zero-order valence-electron chi connectivity index (χ0n) is 12.7. The van der Waals surface area contributed by atoms with Crippen molar-refractivity contribution in [2.75, 3.05) is 11.4 Å². The molecule has 0 atom stereocenters. The Hall–Kier alpha value is -2.82. The van der Waals surface area contributed by atoms with E-state index in [2.05, 4.69) is 5.32 Å². The van der Waals surface area contributed by atoms with Crippen molar-refractivity contribution in [3.8, 4) is 0 Å². The van der Waals surface area contributed by atoms with Crippen LogP contribution in [0, 0.1) is 0 Å². The lowest BCUT2D eigenvalue weighted by Gasteiger charge is -2.15. The first-order chi connectivity index (χ1) is 11.2. The summed E-state index contributed by atoms with van der Waals surface area (Å²) < 4.78 is 5.15. The van der Waals surface area contributed by atoms with Gasteiger partial charge in [-0.15, -0.1) is 0 Å². The van der Waals surface area contributed by atoms with Crippen LogP contribution in [0.25, 0.3) is 6.08 Å². The summed E-state index contributed by atoms with van der Waals surface area (Å²) in [5.41, 5.74) is 1.82. The van der Waals surface area contributed by atoms with Crippen LogP contribution in [0.3, 0.4) is 0 Å². The molecule has 1 saturated heterocycles. The molecule has 0 saturated carbocycles. The molecule has 2 amide bonds. The summed E-state index contributed by atoms with van der Waals surface area (Å²) in [5.74, 6) is 0.706. The third-order valence-electron chi connectivity index (χ3n) is 3.72. The lowest BCUT2D eigenvalue weighted by Crippen LogP contribution is -2.23. The van der Waals surface area contributed by atoms with E-state index >= 15 is 0 Å². The van der Waals surface area contributed by atoms with Gasteiger partial charge in [0, 0.05) is 24.7 Å². The van der Waals surface area contributed by atoms with Gasteiger partial charge in [0.15, 0.2) is 0 Å². The molecule has 1 aromatic carbocycles. The normalized spacial score (nSPS) is 14.6. The molecule has 3 rings (SSSR count). The first kappa shape index (κ1) is 15.1. The SMILES string of the molecule is O=C(C=Cc1ccc(N2CCCC2=O)cc1)NCc1ccco1. The van der Waals surface area contributed by atoms with Gasteiger partial charge in [-0.05, 0) is 42.3 Å². The third kappa shape index (κ3) is 3.88. The Bertz CT molecular complexity index is 702. The van der Waals surface area contributed by atoms with E-state index in [9.17, 15) is 9.59 Å². The molecule has 1 fully saturated rings. The number of rotatable bonds is 5. The van der Waals surface area contributed by atoms with E-state index in [0.29, 0.717) is 18.7 Å². The van der Waals surface area contributed by atoms with Crippen molar-refractivity contribution >= 4 is 23.6 Å². The van der Waals surface area contributed by atoms with Crippen LogP contribution < -0.4 is 10.2 Å². The maximum Gasteiger partial charge on any atom is 0.244 e. The summed E-state index contributed by atoms with van der Waals surface area (Å²) in [5, 5.41) is 2.74. The van der Waals surface area contributed by atoms with E-state index in [0.717, 1.165) is 24.2 Å². The van der Waals surface area contributed by atoms with Crippen molar-refractivity contribution in [3.05, 3.63) is 60.1 Å². The number of carbonyl (C=O) groups excluding carboxylic acids is 2. The molecule has 1 aliphatic heterocycles. The number of nitrogens with one attached hydrogen (secondary N) is 1. The second kappa shape index (κ2) is 6.96. The molecule has 1 aliphatic rings. The van der Waals surface area contributed by atoms with Crippen molar-refractivity contribution in [1.29, 1.82) is 0 Å². The monoisotopic (exact) mass is 310 g/mol. The summed E-state index contributed by atoms with van der Waals surface area (Å²) in [6.07, 6.45) is 6.34. The fourth-order valence-electron chi connectivity index (χ4n) is 2.50. The van der Waals surface area contributed by atoms with E-state index in [1.165, 1.54) is 6.08 Å². The number of hydrogen-bond donors (Lipinski definition) is 1. The molecule has 118 valence electrons. The fraction of sp³-hybridized carbons (Fsp3) is 0.222. The van der Waals surface area contributed by atoms with Gasteiger partial charge in [-0.1, -0.05) is 12.1 Å². The van der Waals surface area contributed by atoms with Gasteiger partial charge in [-0.2, -0.15) is 0 Å². The largest absolute Gasteiger partial charge is 0.467 e. The predicted molar refractivity (Wildman–Crippen MR) is 87.6 cm³/mol. The maximum absolute atomic E-state index is 11.7. The zero-order valence-corrected chi connectivity index (χ0v) is 12.7. The van der Waals surface area contributed by atoms with Crippen LogP contribution in [0.5, 0.6) is 0 Å². The van der Waals surface area contributed by atoms with Crippen LogP contribution in [0.2, 0.25) is 0 Å². The molecule has 0 aliphatic carbocycles. The molecule has 0 radical (unpaired) electrons. The van der Waals surface area contributed by atoms with E-state index < -0.39 is 0 Å². The molecule has 0 bridgehead atoms. The smallest absolute Gasteiger partial charge is 0.244 e. The maximum atomic E-state index is 11.7. The highest BCUT2D eigenvalue weighted by Gasteiger charge is 2.21. The summed E-state index contributed by atoms with van der Waals surface area (Å²) in [4.78, 5) is 25.2. The second-order valence-electron chi connectivity index (χ2n) is 5.37. The first-order valence-electron chi connectivity index (χ1n) is 7.61. The lowest BCUT2D eigenvalue weighted by molar-refractivity contribution is -0.117. The quantitative estimate of drug-likeness (QED) is 0.864. The number of anilines is 1. The third-order valence-corrected chi connectivity index (χ3v) is 3.72.